The molecule has 0 radical (unpaired) electrons. The van der Waals surface area contributed by atoms with E-state index >= 15 is 0 Å². The van der Waals surface area contributed by atoms with Crippen molar-refractivity contribution in [2.24, 2.45) is 0 Å². The molecular weight excluding hydrogens is 374 g/mol. The van der Waals surface area contributed by atoms with Gasteiger partial charge < -0.3 is 5.11 Å². The van der Waals surface area contributed by atoms with Crippen LogP contribution < -0.4 is 4.31 Å². The van der Waals surface area contributed by atoms with Crippen molar-refractivity contribution in [1.29, 1.82) is 0 Å². The Balaban J connectivity index is 1.68. The second-order valence-electron chi connectivity index (χ2n) is 7.06. The monoisotopic (exact) mass is 397 g/mol. The Morgan fingerprint density at radius 2 is 1.75 bits per heavy atom. The molecule has 1 atom stereocenters. The Kier molecular flexibility index (Phi) is 4.72. The Hall–Kier alpha value is -2.64. The predicted octanol–water partition coefficient (Wildman–Crippen LogP) is 2.98. The summed E-state index contributed by atoms with van der Waals surface area (Å²) in [5.74, 6) is 0. The fourth-order valence-electron chi connectivity index (χ4n) is 3.84. The zero-order valence-electron chi connectivity index (χ0n) is 15.9. The van der Waals surface area contributed by atoms with Crippen LogP contribution in [0.3, 0.4) is 0 Å². The van der Waals surface area contributed by atoms with Gasteiger partial charge in [-0.2, -0.15) is 5.10 Å². The number of aromatic nitrogens is 2. The first-order chi connectivity index (χ1) is 13.4. The highest BCUT2D eigenvalue weighted by atomic mass is 32.2. The van der Waals surface area contributed by atoms with E-state index in [1.807, 2.05) is 54.6 Å². The number of rotatable bonds is 5. The van der Waals surface area contributed by atoms with Crippen LogP contribution in [0.2, 0.25) is 0 Å². The van der Waals surface area contributed by atoms with Gasteiger partial charge in [0.2, 0.25) is 0 Å². The molecule has 0 saturated carbocycles. The number of aliphatic hydroxyl groups excluding tert-OH is 1. The zero-order valence-corrected chi connectivity index (χ0v) is 16.7. The van der Waals surface area contributed by atoms with Crippen molar-refractivity contribution in [2.45, 2.75) is 37.8 Å². The summed E-state index contributed by atoms with van der Waals surface area (Å²) in [5.41, 5.74) is 3.53. The van der Waals surface area contributed by atoms with Crippen molar-refractivity contribution in [1.82, 2.24) is 9.78 Å². The van der Waals surface area contributed by atoms with Crippen LogP contribution in [0.4, 0.5) is 5.69 Å². The summed E-state index contributed by atoms with van der Waals surface area (Å²) in [7, 11) is -3.72. The minimum Gasteiger partial charge on any atom is -0.386 e. The molecule has 2 heterocycles. The molecule has 1 N–H and O–H groups in total. The molecule has 0 aliphatic carbocycles. The molecule has 0 fully saturated rings. The number of nitrogens with zero attached hydrogens (tertiary/aromatic N) is 3. The normalized spacial score (nSPS) is 14.9. The summed E-state index contributed by atoms with van der Waals surface area (Å²) < 4.78 is 29.9. The van der Waals surface area contributed by atoms with Gasteiger partial charge in [-0.1, -0.05) is 48.5 Å². The topological polar surface area (TPSA) is 75.4 Å². The average molecular weight is 398 g/mol. The van der Waals surface area contributed by atoms with Gasteiger partial charge >= 0.3 is 0 Å². The Morgan fingerprint density at radius 1 is 1.07 bits per heavy atom. The van der Waals surface area contributed by atoms with E-state index in [9.17, 15) is 13.5 Å². The highest BCUT2D eigenvalue weighted by Gasteiger charge is 2.35. The fraction of sp³-hybridized carbons (Fsp3) is 0.286. The van der Waals surface area contributed by atoms with Gasteiger partial charge in [0, 0.05) is 6.54 Å². The summed E-state index contributed by atoms with van der Waals surface area (Å²) in [6.45, 7) is 4.07. The van der Waals surface area contributed by atoms with Crippen molar-refractivity contribution < 1.29 is 13.5 Å². The van der Waals surface area contributed by atoms with Crippen molar-refractivity contribution in [3.63, 3.8) is 0 Å². The van der Waals surface area contributed by atoms with E-state index < -0.39 is 16.1 Å². The number of fused-ring (bicyclic) bond motifs is 1. The number of aliphatic hydroxyl groups is 1. The number of anilines is 1. The van der Waals surface area contributed by atoms with E-state index in [0.29, 0.717) is 24.4 Å². The minimum atomic E-state index is -3.72. The lowest BCUT2D eigenvalue weighted by atomic mass is 10.1. The molecule has 0 spiro atoms. The third-order valence-electron chi connectivity index (χ3n) is 5.24. The number of aryl methyl sites for hydroxylation is 1. The van der Waals surface area contributed by atoms with Gasteiger partial charge in [-0.3, -0.25) is 8.99 Å². The lowest BCUT2D eigenvalue weighted by Gasteiger charge is -2.20. The van der Waals surface area contributed by atoms with E-state index in [4.69, 9.17) is 0 Å². The van der Waals surface area contributed by atoms with Gasteiger partial charge in [0.1, 0.15) is 4.90 Å². The molecule has 146 valence electrons. The van der Waals surface area contributed by atoms with Crippen LogP contribution in [0.15, 0.2) is 59.5 Å². The molecular formula is C21H23N3O3S. The number of sulfonamides is 1. The van der Waals surface area contributed by atoms with Crippen LogP contribution in [-0.2, 0) is 23.0 Å². The van der Waals surface area contributed by atoms with Gasteiger partial charge in [0.25, 0.3) is 10.0 Å². The van der Waals surface area contributed by atoms with Crippen LogP contribution in [0.25, 0.3) is 0 Å². The molecule has 1 unspecified atom stereocenters. The molecule has 1 aliphatic heterocycles. The third-order valence-corrected chi connectivity index (χ3v) is 7.30. The molecule has 0 amide bonds. The van der Waals surface area contributed by atoms with Crippen molar-refractivity contribution in [3.05, 3.63) is 77.1 Å². The highest BCUT2D eigenvalue weighted by molar-refractivity contribution is 7.93. The molecule has 7 heteroatoms. The van der Waals surface area contributed by atoms with Crippen molar-refractivity contribution in [3.8, 4) is 0 Å². The summed E-state index contributed by atoms with van der Waals surface area (Å²) in [5, 5.41) is 14.9. The quantitative estimate of drug-likeness (QED) is 0.718. The maximum absolute atomic E-state index is 13.4. The zero-order chi connectivity index (χ0) is 19.9. The van der Waals surface area contributed by atoms with Crippen LogP contribution >= 0.6 is 0 Å². The first-order valence-electron chi connectivity index (χ1n) is 9.27. The number of hydrogen-bond acceptors (Lipinski definition) is 4. The second-order valence-corrected chi connectivity index (χ2v) is 8.86. The van der Waals surface area contributed by atoms with E-state index in [1.54, 1.807) is 18.5 Å². The highest BCUT2D eigenvalue weighted by Crippen LogP contribution is 2.34. The molecule has 2 aromatic carbocycles. The standard InChI is InChI=1S/C21H23N3O3S/c1-15-21(28(26,27)24-13-12-17-8-6-7-11-19(17)24)16(2)23(22-15)14-20(25)18-9-4-3-5-10-18/h3-11,20,25H,12-14H2,1-2H3. The Bertz CT molecular complexity index is 1110. The van der Waals surface area contributed by atoms with Gasteiger partial charge in [-0.15, -0.1) is 0 Å². The predicted molar refractivity (Wildman–Crippen MR) is 108 cm³/mol. The van der Waals surface area contributed by atoms with Crippen LogP contribution in [0, 0.1) is 13.8 Å². The molecule has 0 bridgehead atoms. The minimum absolute atomic E-state index is 0.197. The first kappa shape index (κ1) is 18.7. The summed E-state index contributed by atoms with van der Waals surface area (Å²) in [6, 6.07) is 16.9. The van der Waals surface area contributed by atoms with Crippen molar-refractivity contribution >= 4 is 15.7 Å². The second kappa shape index (κ2) is 7.07. The van der Waals surface area contributed by atoms with E-state index in [1.165, 1.54) is 4.31 Å². The van der Waals surface area contributed by atoms with Gasteiger partial charge in [-0.05, 0) is 37.5 Å². The average Bonchev–Trinajstić information content (AvgIpc) is 3.24. The van der Waals surface area contributed by atoms with Gasteiger partial charge in [0.05, 0.1) is 29.7 Å². The van der Waals surface area contributed by atoms with Crippen LogP contribution in [0.5, 0.6) is 0 Å². The molecule has 0 saturated heterocycles. The number of hydrogen-bond donors (Lipinski definition) is 1. The van der Waals surface area contributed by atoms with E-state index in [-0.39, 0.29) is 11.4 Å². The van der Waals surface area contributed by atoms with E-state index in [0.717, 1.165) is 16.8 Å². The van der Waals surface area contributed by atoms with Crippen LogP contribution in [-0.4, -0.2) is 29.8 Å². The first-order valence-corrected chi connectivity index (χ1v) is 10.7. The van der Waals surface area contributed by atoms with Gasteiger partial charge in [-0.25, -0.2) is 8.42 Å². The van der Waals surface area contributed by atoms with Gasteiger partial charge in [0.15, 0.2) is 0 Å². The molecule has 1 aromatic heterocycles. The molecule has 1 aliphatic rings. The molecule has 6 nitrogen and oxygen atoms in total. The largest absolute Gasteiger partial charge is 0.386 e. The van der Waals surface area contributed by atoms with E-state index in [2.05, 4.69) is 5.10 Å². The number of benzene rings is 2. The molecule has 28 heavy (non-hydrogen) atoms. The SMILES string of the molecule is Cc1nn(CC(O)c2ccccc2)c(C)c1S(=O)(=O)N1CCc2ccccc21. The maximum Gasteiger partial charge on any atom is 0.268 e. The van der Waals surface area contributed by atoms with Crippen LogP contribution in [0.1, 0.15) is 28.6 Å². The molecule has 3 aromatic rings. The molecule has 4 rings (SSSR count). The lowest BCUT2D eigenvalue weighted by molar-refractivity contribution is 0.150. The maximum atomic E-state index is 13.4. The Morgan fingerprint density at radius 3 is 2.50 bits per heavy atom. The number of para-hydroxylation sites is 1. The lowest BCUT2D eigenvalue weighted by Crippen LogP contribution is -2.30. The Labute approximate surface area is 165 Å². The summed E-state index contributed by atoms with van der Waals surface area (Å²) in [4.78, 5) is 0.226. The third kappa shape index (κ3) is 3.10. The summed E-state index contributed by atoms with van der Waals surface area (Å²) >= 11 is 0. The van der Waals surface area contributed by atoms with Crippen molar-refractivity contribution in [2.75, 3.05) is 10.8 Å². The smallest absolute Gasteiger partial charge is 0.268 e. The fourth-order valence-corrected chi connectivity index (χ4v) is 5.73. The summed E-state index contributed by atoms with van der Waals surface area (Å²) in [6.07, 6.45) is -0.0591.